The van der Waals surface area contributed by atoms with Crippen LogP contribution >= 0.6 is 0 Å². The van der Waals surface area contributed by atoms with Gasteiger partial charge in [0.05, 0.1) is 0 Å². The minimum absolute atomic E-state index is 0.0479. The Kier molecular flexibility index (Phi) is 6.50. The number of rotatable bonds is 5. The van der Waals surface area contributed by atoms with Crippen molar-refractivity contribution < 1.29 is 9.59 Å². The van der Waals surface area contributed by atoms with E-state index in [0.29, 0.717) is 25.7 Å². The molecule has 3 rings (SSSR count). The van der Waals surface area contributed by atoms with Gasteiger partial charge in [0, 0.05) is 38.8 Å². The molecule has 0 saturated carbocycles. The monoisotopic (exact) mass is 358 g/mol. The third-order valence-electron chi connectivity index (χ3n) is 5.42. The number of benzene rings is 1. The van der Waals surface area contributed by atoms with Crippen LogP contribution in [0, 0.1) is 0 Å². The van der Waals surface area contributed by atoms with Crippen molar-refractivity contribution in [2.45, 2.75) is 38.8 Å². The van der Waals surface area contributed by atoms with Crippen molar-refractivity contribution in [3.05, 3.63) is 35.9 Å². The van der Waals surface area contributed by atoms with E-state index in [2.05, 4.69) is 34.5 Å². The molecule has 1 atom stereocenters. The standard InChI is InChI=1S/C20H30N4O2/c1-2-22-12-7-13-24(16-19(22)25)20(26)21-14-18-10-6-11-23(18)15-17-8-4-3-5-9-17/h3-5,8-9,18H,2,6-7,10-16H2,1H3,(H,21,26). The number of amides is 3. The highest BCUT2D eigenvalue weighted by molar-refractivity contribution is 5.84. The van der Waals surface area contributed by atoms with Gasteiger partial charge in [-0.1, -0.05) is 30.3 Å². The number of carbonyl (C=O) groups excluding carboxylic acids is 2. The molecule has 2 heterocycles. The summed E-state index contributed by atoms with van der Waals surface area (Å²) in [6, 6.07) is 10.7. The second-order valence-electron chi connectivity index (χ2n) is 7.19. The van der Waals surface area contributed by atoms with Gasteiger partial charge in [0.25, 0.3) is 0 Å². The van der Waals surface area contributed by atoms with Gasteiger partial charge >= 0.3 is 6.03 Å². The van der Waals surface area contributed by atoms with E-state index in [0.717, 1.165) is 32.5 Å². The fraction of sp³-hybridized carbons (Fsp3) is 0.600. The van der Waals surface area contributed by atoms with Crippen LogP contribution in [0.3, 0.4) is 0 Å². The molecule has 1 N–H and O–H groups in total. The molecule has 6 nitrogen and oxygen atoms in total. The number of hydrogen-bond donors (Lipinski definition) is 1. The average Bonchev–Trinajstić information content (AvgIpc) is 3.00. The van der Waals surface area contributed by atoms with Crippen LogP contribution in [0.15, 0.2) is 30.3 Å². The molecular weight excluding hydrogens is 328 g/mol. The van der Waals surface area contributed by atoms with Crippen molar-refractivity contribution in [1.29, 1.82) is 0 Å². The molecule has 1 aromatic carbocycles. The molecular formula is C20H30N4O2. The van der Waals surface area contributed by atoms with Gasteiger partial charge in [0.2, 0.25) is 5.91 Å². The lowest BCUT2D eigenvalue weighted by Crippen LogP contribution is -2.47. The van der Waals surface area contributed by atoms with Crippen molar-refractivity contribution in [1.82, 2.24) is 20.0 Å². The topological polar surface area (TPSA) is 55.9 Å². The number of likely N-dealkylation sites (N-methyl/N-ethyl adjacent to an activating group) is 1. The number of nitrogens with one attached hydrogen (secondary N) is 1. The van der Waals surface area contributed by atoms with Gasteiger partial charge in [-0.2, -0.15) is 0 Å². The highest BCUT2D eigenvalue weighted by Crippen LogP contribution is 2.19. The summed E-state index contributed by atoms with van der Waals surface area (Å²) in [6.07, 6.45) is 3.12. The van der Waals surface area contributed by atoms with E-state index in [1.165, 1.54) is 12.0 Å². The third kappa shape index (κ3) is 4.75. The zero-order valence-electron chi connectivity index (χ0n) is 15.7. The molecule has 6 heteroatoms. The molecule has 0 radical (unpaired) electrons. The molecule has 0 aromatic heterocycles. The van der Waals surface area contributed by atoms with E-state index in [4.69, 9.17) is 0 Å². The lowest BCUT2D eigenvalue weighted by Gasteiger charge is -2.26. The quantitative estimate of drug-likeness (QED) is 0.875. The third-order valence-corrected chi connectivity index (χ3v) is 5.42. The first kappa shape index (κ1) is 18.7. The largest absolute Gasteiger partial charge is 0.341 e. The number of nitrogens with zero attached hydrogens (tertiary/aromatic N) is 3. The maximum atomic E-state index is 12.5. The fourth-order valence-corrected chi connectivity index (χ4v) is 3.90. The Bertz CT molecular complexity index is 607. The number of hydrogen-bond acceptors (Lipinski definition) is 3. The Morgan fingerprint density at radius 2 is 1.96 bits per heavy atom. The second-order valence-corrected chi connectivity index (χ2v) is 7.19. The van der Waals surface area contributed by atoms with Crippen molar-refractivity contribution in [3.8, 4) is 0 Å². The maximum absolute atomic E-state index is 12.5. The van der Waals surface area contributed by atoms with Crippen molar-refractivity contribution in [2.75, 3.05) is 39.3 Å². The van der Waals surface area contributed by atoms with Crippen molar-refractivity contribution in [2.24, 2.45) is 0 Å². The van der Waals surface area contributed by atoms with Crippen LogP contribution in [0.5, 0.6) is 0 Å². The van der Waals surface area contributed by atoms with Crippen LogP contribution in [-0.4, -0.2) is 71.9 Å². The lowest BCUT2D eigenvalue weighted by atomic mass is 10.2. The molecule has 142 valence electrons. The summed E-state index contributed by atoms with van der Waals surface area (Å²) in [5.74, 6) is 0.0479. The van der Waals surface area contributed by atoms with E-state index in [1.807, 2.05) is 17.9 Å². The predicted molar refractivity (Wildman–Crippen MR) is 102 cm³/mol. The summed E-state index contributed by atoms with van der Waals surface area (Å²) in [6.45, 7) is 6.92. The summed E-state index contributed by atoms with van der Waals surface area (Å²) in [5, 5.41) is 3.07. The molecule has 0 spiro atoms. The predicted octanol–water partition coefficient (Wildman–Crippen LogP) is 1.91. The molecule has 1 unspecified atom stereocenters. The Morgan fingerprint density at radius 3 is 2.73 bits per heavy atom. The van der Waals surface area contributed by atoms with Crippen LogP contribution < -0.4 is 5.32 Å². The highest BCUT2D eigenvalue weighted by atomic mass is 16.2. The van der Waals surface area contributed by atoms with E-state index in [1.54, 1.807) is 4.90 Å². The van der Waals surface area contributed by atoms with E-state index in [-0.39, 0.29) is 18.5 Å². The lowest BCUT2D eigenvalue weighted by molar-refractivity contribution is -0.130. The van der Waals surface area contributed by atoms with Gasteiger partial charge in [0.1, 0.15) is 6.54 Å². The Labute approximate surface area is 156 Å². The van der Waals surface area contributed by atoms with Gasteiger partial charge in [-0.15, -0.1) is 0 Å². The summed E-state index contributed by atoms with van der Waals surface area (Å²) in [4.78, 5) is 30.6. The molecule has 2 aliphatic rings. The Morgan fingerprint density at radius 1 is 1.15 bits per heavy atom. The molecule has 3 amide bonds. The first-order valence-corrected chi connectivity index (χ1v) is 9.76. The van der Waals surface area contributed by atoms with Crippen LogP contribution in [0.2, 0.25) is 0 Å². The van der Waals surface area contributed by atoms with Gasteiger partial charge in [-0.05, 0) is 38.3 Å². The van der Waals surface area contributed by atoms with Gasteiger partial charge in [-0.25, -0.2) is 4.79 Å². The molecule has 2 fully saturated rings. The first-order valence-electron chi connectivity index (χ1n) is 9.76. The molecule has 0 aliphatic carbocycles. The number of likely N-dealkylation sites (tertiary alicyclic amines) is 1. The normalized spacial score (nSPS) is 21.7. The number of carbonyl (C=O) groups is 2. The second kappa shape index (κ2) is 9.03. The van der Waals surface area contributed by atoms with Crippen LogP contribution in [-0.2, 0) is 11.3 Å². The van der Waals surface area contributed by atoms with Crippen LogP contribution in [0.1, 0.15) is 31.7 Å². The molecule has 2 saturated heterocycles. The van der Waals surface area contributed by atoms with E-state index >= 15 is 0 Å². The Balaban J connectivity index is 1.49. The molecule has 0 bridgehead atoms. The summed E-state index contributed by atoms with van der Waals surface area (Å²) < 4.78 is 0. The van der Waals surface area contributed by atoms with Crippen molar-refractivity contribution in [3.63, 3.8) is 0 Å². The van der Waals surface area contributed by atoms with Gasteiger partial charge in [-0.3, -0.25) is 9.69 Å². The molecule has 26 heavy (non-hydrogen) atoms. The van der Waals surface area contributed by atoms with Gasteiger partial charge < -0.3 is 15.1 Å². The summed E-state index contributed by atoms with van der Waals surface area (Å²) in [7, 11) is 0. The average molecular weight is 358 g/mol. The molecule has 2 aliphatic heterocycles. The van der Waals surface area contributed by atoms with Crippen molar-refractivity contribution >= 4 is 11.9 Å². The molecule has 1 aromatic rings. The first-order chi connectivity index (χ1) is 12.7. The van der Waals surface area contributed by atoms with E-state index in [9.17, 15) is 9.59 Å². The SMILES string of the molecule is CCN1CCCN(C(=O)NCC2CCCN2Cc2ccccc2)CC1=O. The number of urea groups is 1. The summed E-state index contributed by atoms with van der Waals surface area (Å²) >= 11 is 0. The van der Waals surface area contributed by atoms with Crippen LogP contribution in [0.25, 0.3) is 0 Å². The van der Waals surface area contributed by atoms with Crippen LogP contribution in [0.4, 0.5) is 4.79 Å². The van der Waals surface area contributed by atoms with E-state index < -0.39 is 0 Å². The zero-order chi connectivity index (χ0) is 18.4. The Hall–Kier alpha value is -2.08. The minimum Gasteiger partial charge on any atom is -0.341 e. The van der Waals surface area contributed by atoms with Gasteiger partial charge in [0.15, 0.2) is 0 Å². The fourth-order valence-electron chi connectivity index (χ4n) is 3.90. The maximum Gasteiger partial charge on any atom is 0.317 e. The zero-order valence-corrected chi connectivity index (χ0v) is 15.7. The minimum atomic E-state index is -0.108. The highest BCUT2D eigenvalue weighted by Gasteiger charge is 2.27. The smallest absolute Gasteiger partial charge is 0.317 e. The summed E-state index contributed by atoms with van der Waals surface area (Å²) in [5.41, 5.74) is 1.31.